The van der Waals surface area contributed by atoms with Crippen molar-refractivity contribution in [3.8, 4) is 0 Å². The van der Waals surface area contributed by atoms with Gasteiger partial charge < -0.3 is 14.7 Å². The first-order valence-electron chi connectivity index (χ1n) is 12.4. The van der Waals surface area contributed by atoms with E-state index in [1.165, 1.54) is 22.4 Å². The van der Waals surface area contributed by atoms with Crippen LogP contribution in [-0.2, 0) is 9.53 Å². The van der Waals surface area contributed by atoms with Crippen LogP contribution in [0.4, 0.5) is 5.69 Å². The second kappa shape index (κ2) is 8.18. The average molecular weight is 439 g/mol. The largest absolute Gasteiger partial charge is 0.461 e. The Balaban J connectivity index is 1.28. The van der Waals surface area contributed by atoms with Gasteiger partial charge in [0.1, 0.15) is 6.10 Å². The Kier molecular flexibility index (Phi) is 5.61. The van der Waals surface area contributed by atoms with E-state index in [1.807, 2.05) is 0 Å². The summed E-state index contributed by atoms with van der Waals surface area (Å²) in [5, 5.41) is 11.6. The molecule has 0 aromatic heterocycles. The van der Waals surface area contributed by atoms with Crippen molar-refractivity contribution < 1.29 is 14.6 Å². The Morgan fingerprint density at radius 3 is 2.69 bits per heavy atom. The predicted octanol–water partition coefficient (Wildman–Crippen LogP) is 3.71. The Morgan fingerprint density at radius 1 is 1.19 bits per heavy atom. The molecule has 0 unspecified atom stereocenters. The second-order valence-electron chi connectivity index (χ2n) is 10.8. The van der Waals surface area contributed by atoms with Gasteiger partial charge in [-0.25, -0.2) is 0 Å². The maximum atomic E-state index is 12.9. The summed E-state index contributed by atoms with van der Waals surface area (Å²) >= 11 is 0. The summed E-state index contributed by atoms with van der Waals surface area (Å²) in [4.78, 5) is 17.8. The Labute approximate surface area is 192 Å². The van der Waals surface area contributed by atoms with Gasteiger partial charge in [0, 0.05) is 56.2 Å². The molecule has 1 aromatic carbocycles. The van der Waals surface area contributed by atoms with Gasteiger partial charge in [0.2, 0.25) is 0 Å². The molecule has 2 saturated heterocycles. The number of ether oxygens (including phenoxy) is 1. The van der Waals surface area contributed by atoms with Crippen molar-refractivity contribution in [1.29, 1.82) is 0 Å². The zero-order chi connectivity index (χ0) is 22.6. The minimum atomic E-state index is -0.518. The van der Waals surface area contributed by atoms with E-state index in [-0.39, 0.29) is 29.3 Å². The standard InChI is InChI=1S/C27H38N2O3/c1-17-7-5-10-22(19(17)3)29-13-11-28(12-14-29)16-21-24-23(32-26(21)31)15-20-9-6-8-18(2)27(20,4)25(24)30/h5,7,9-10,18,21,23-25,30H,6,8,11-16H2,1-4H3/t18-,21+,23+,24-,25-,27+/m0/s1. The van der Waals surface area contributed by atoms with E-state index in [9.17, 15) is 9.90 Å². The number of nitrogens with zero attached hydrogens (tertiary/aromatic N) is 2. The molecule has 4 aliphatic rings. The molecule has 3 fully saturated rings. The molecule has 5 heteroatoms. The number of hydrogen-bond acceptors (Lipinski definition) is 5. The van der Waals surface area contributed by atoms with Gasteiger partial charge in [-0.05, 0) is 49.8 Å². The predicted molar refractivity (Wildman–Crippen MR) is 127 cm³/mol. The van der Waals surface area contributed by atoms with Crippen molar-refractivity contribution in [2.24, 2.45) is 23.2 Å². The van der Waals surface area contributed by atoms with E-state index in [4.69, 9.17) is 4.74 Å². The van der Waals surface area contributed by atoms with Gasteiger partial charge in [0.15, 0.2) is 0 Å². The third-order valence-electron chi connectivity index (χ3n) is 9.31. The molecule has 1 saturated carbocycles. The van der Waals surface area contributed by atoms with Gasteiger partial charge >= 0.3 is 5.97 Å². The highest BCUT2D eigenvalue weighted by Crippen LogP contribution is 2.56. The first-order chi connectivity index (χ1) is 15.3. The summed E-state index contributed by atoms with van der Waals surface area (Å²) < 4.78 is 5.86. The van der Waals surface area contributed by atoms with Crippen LogP contribution in [-0.4, -0.2) is 60.9 Å². The van der Waals surface area contributed by atoms with Crippen LogP contribution in [0.1, 0.15) is 44.2 Å². The Bertz CT molecular complexity index is 919. The highest BCUT2D eigenvalue weighted by molar-refractivity contribution is 5.76. The molecular formula is C27H38N2O3. The van der Waals surface area contributed by atoms with Crippen molar-refractivity contribution in [2.45, 2.75) is 59.2 Å². The molecule has 5 rings (SSSR count). The normalized spacial score (nSPS) is 37.5. The fraction of sp³-hybridized carbons (Fsp3) is 0.667. The third kappa shape index (κ3) is 3.40. The topological polar surface area (TPSA) is 53.0 Å². The minimum absolute atomic E-state index is 0.0951. The quantitative estimate of drug-likeness (QED) is 0.576. The number of aryl methyl sites for hydroxylation is 1. The van der Waals surface area contributed by atoms with Crippen LogP contribution in [0.2, 0.25) is 0 Å². The smallest absolute Gasteiger partial charge is 0.311 e. The van der Waals surface area contributed by atoms with Crippen LogP contribution in [0.5, 0.6) is 0 Å². The second-order valence-corrected chi connectivity index (χ2v) is 10.8. The Hall–Kier alpha value is -1.85. The summed E-state index contributed by atoms with van der Waals surface area (Å²) in [6.07, 6.45) is 4.59. The van der Waals surface area contributed by atoms with Gasteiger partial charge in [-0.15, -0.1) is 0 Å². The summed E-state index contributed by atoms with van der Waals surface area (Å²) in [5.41, 5.74) is 5.08. The van der Waals surface area contributed by atoms with E-state index < -0.39 is 6.10 Å². The molecule has 2 heterocycles. The number of hydrogen-bond donors (Lipinski definition) is 1. The summed E-state index contributed by atoms with van der Waals surface area (Å²) in [5.74, 6) is -0.000529. The van der Waals surface area contributed by atoms with Crippen LogP contribution in [0.3, 0.4) is 0 Å². The molecule has 0 amide bonds. The van der Waals surface area contributed by atoms with E-state index in [0.29, 0.717) is 12.5 Å². The summed E-state index contributed by atoms with van der Waals surface area (Å²) in [7, 11) is 0. The number of aliphatic hydroxyl groups is 1. The van der Waals surface area contributed by atoms with Crippen LogP contribution in [0.15, 0.2) is 29.8 Å². The number of aliphatic hydroxyl groups excluding tert-OH is 1. The number of carbonyl (C=O) groups is 1. The summed E-state index contributed by atoms with van der Waals surface area (Å²) in [6, 6.07) is 6.52. The molecule has 1 N–H and O–H groups in total. The molecule has 2 aliphatic heterocycles. The number of carbonyl (C=O) groups excluding carboxylic acids is 1. The van der Waals surface area contributed by atoms with Crippen molar-refractivity contribution >= 4 is 11.7 Å². The molecule has 0 bridgehead atoms. The van der Waals surface area contributed by atoms with Crippen molar-refractivity contribution in [1.82, 2.24) is 4.90 Å². The van der Waals surface area contributed by atoms with Crippen molar-refractivity contribution in [3.63, 3.8) is 0 Å². The molecule has 0 spiro atoms. The SMILES string of the molecule is Cc1cccc(N2CCN(C[C@H]3C(=O)O[C@@H]4CC5=CCC[C@H](C)[C@@]5(C)[C@@H](O)[C@H]43)CC2)c1C. The number of allylic oxidation sites excluding steroid dienone is 1. The first-order valence-corrected chi connectivity index (χ1v) is 12.4. The van der Waals surface area contributed by atoms with Gasteiger partial charge in [0.05, 0.1) is 12.0 Å². The molecule has 32 heavy (non-hydrogen) atoms. The van der Waals surface area contributed by atoms with Crippen LogP contribution in [0, 0.1) is 37.0 Å². The highest BCUT2D eigenvalue weighted by Gasteiger charge is 2.59. The fourth-order valence-electron chi connectivity index (χ4n) is 6.80. The zero-order valence-corrected chi connectivity index (χ0v) is 20.0. The molecule has 6 atom stereocenters. The Morgan fingerprint density at radius 2 is 1.94 bits per heavy atom. The highest BCUT2D eigenvalue weighted by atomic mass is 16.6. The fourth-order valence-corrected chi connectivity index (χ4v) is 6.80. The average Bonchev–Trinajstić information content (AvgIpc) is 3.08. The van der Waals surface area contributed by atoms with Crippen LogP contribution < -0.4 is 4.90 Å². The maximum absolute atomic E-state index is 12.9. The van der Waals surface area contributed by atoms with Gasteiger partial charge in [-0.2, -0.15) is 0 Å². The van der Waals surface area contributed by atoms with Gasteiger partial charge in [-0.3, -0.25) is 9.69 Å². The lowest BCUT2D eigenvalue weighted by atomic mass is 9.55. The first kappa shape index (κ1) is 22.0. The zero-order valence-electron chi connectivity index (χ0n) is 20.0. The van der Waals surface area contributed by atoms with E-state index in [0.717, 1.165) is 45.4 Å². The van der Waals surface area contributed by atoms with Crippen molar-refractivity contribution in [2.75, 3.05) is 37.6 Å². The maximum Gasteiger partial charge on any atom is 0.311 e. The molecule has 174 valence electrons. The van der Waals surface area contributed by atoms with Gasteiger partial charge in [-0.1, -0.05) is 37.6 Å². The minimum Gasteiger partial charge on any atom is -0.461 e. The number of anilines is 1. The monoisotopic (exact) mass is 438 g/mol. The molecule has 0 radical (unpaired) electrons. The third-order valence-corrected chi connectivity index (χ3v) is 9.31. The van der Waals surface area contributed by atoms with E-state index in [1.54, 1.807) is 0 Å². The number of piperazine rings is 1. The molecule has 5 nitrogen and oxygen atoms in total. The number of benzene rings is 1. The molecular weight excluding hydrogens is 400 g/mol. The molecule has 2 aliphatic carbocycles. The summed E-state index contributed by atoms with van der Waals surface area (Å²) in [6.45, 7) is 13.3. The van der Waals surface area contributed by atoms with Crippen LogP contribution in [0.25, 0.3) is 0 Å². The van der Waals surface area contributed by atoms with E-state index in [2.05, 4.69) is 61.8 Å². The lowest BCUT2D eigenvalue weighted by Crippen LogP contribution is -2.55. The van der Waals surface area contributed by atoms with Crippen LogP contribution >= 0.6 is 0 Å². The number of esters is 1. The van der Waals surface area contributed by atoms with E-state index >= 15 is 0 Å². The number of rotatable bonds is 3. The van der Waals surface area contributed by atoms with Gasteiger partial charge in [0.25, 0.3) is 0 Å². The lowest BCUT2D eigenvalue weighted by molar-refractivity contribution is -0.145. The van der Waals surface area contributed by atoms with Crippen molar-refractivity contribution in [3.05, 3.63) is 41.0 Å². The lowest BCUT2D eigenvalue weighted by Gasteiger charge is -2.52. The molecule has 1 aromatic rings. The number of fused-ring (bicyclic) bond motifs is 2.